The van der Waals surface area contributed by atoms with Crippen molar-refractivity contribution in [3.63, 3.8) is 0 Å². The summed E-state index contributed by atoms with van der Waals surface area (Å²) in [5.41, 5.74) is 3.35. The molecule has 1 amide bonds. The lowest BCUT2D eigenvalue weighted by Crippen LogP contribution is -2.63. The molecule has 68 heavy (non-hydrogen) atoms. The van der Waals surface area contributed by atoms with Crippen molar-refractivity contribution in [1.29, 1.82) is 0 Å². The Labute approximate surface area is 396 Å². The largest absolute Gasteiger partial charge is 0.489 e. The van der Waals surface area contributed by atoms with E-state index in [-0.39, 0.29) is 57.9 Å². The maximum atomic E-state index is 14.8. The monoisotopic (exact) mass is 949 g/mol. The van der Waals surface area contributed by atoms with Crippen molar-refractivity contribution >= 4 is 44.0 Å². The summed E-state index contributed by atoms with van der Waals surface area (Å²) >= 11 is 0. The summed E-state index contributed by atoms with van der Waals surface area (Å²) in [6.07, 6.45) is 9.42. The van der Waals surface area contributed by atoms with Gasteiger partial charge in [-0.2, -0.15) is 0 Å². The topological polar surface area (TPSA) is 192 Å². The predicted octanol–water partition coefficient (Wildman–Crippen LogP) is 9.31. The number of aliphatic hydroxyl groups is 1. The third kappa shape index (κ3) is 8.77. The van der Waals surface area contributed by atoms with E-state index in [4.69, 9.17) is 9.47 Å². The van der Waals surface area contributed by atoms with E-state index in [1.807, 2.05) is 0 Å². The molecule has 360 valence electrons. The lowest BCUT2D eigenvalue weighted by molar-refractivity contribution is -0.384. The average molecular weight is 950 g/mol. The molecular weight excluding hydrogens is 890 g/mol. The Morgan fingerprint density at radius 1 is 1.03 bits per heavy atom. The molecule has 0 unspecified atom stereocenters. The number of H-pyrrole nitrogens is 1. The number of aryl methyl sites for hydroxylation is 1. The second kappa shape index (κ2) is 17.6. The predicted molar refractivity (Wildman–Crippen MR) is 257 cm³/mol. The number of halogens is 1. The second-order valence-electron chi connectivity index (χ2n) is 20.6. The molecule has 5 aliphatic rings. The number of carbonyl (C=O) groups excluding carboxylic acids is 1. The molecule has 2 saturated carbocycles. The van der Waals surface area contributed by atoms with E-state index in [9.17, 15) is 32.8 Å². The van der Waals surface area contributed by atoms with E-state index in [0.717, 1.165) is 50.8 Å². The third-order valence-electron chi connectivity index (χ3n) is 15.6. The highest BCUT2D eigenvalue weighted by Gasteiger charge is 2.49. The van der Waals surface area contributed by atoms with E-state index in [0.29, 0.717) is 54.9 Å². The number of amides is 1. The maximum absolute atomic E-state index is 14.8. The van der Waals surface area contributed by atoms with E-state index in [1.165, 1.54) is 54.8 Å². The number of aromatic amines is 1. The number of hydrogen-bond donors (Lipinski definition) is 4. The Morgan fingerprint density at radius 3 is 2.51 bits per heavy atom. The molecule has 3 aliphatic heterocycles. The number of nitro benzene ring substituents is 1. The van der Waals surface area contributed by atoms with Gasteiger partial charge in [-0.25, -0.2) is 22.5 Å². The van der Waals surface area contributed by atoms with Crippen LogP contribution in [0.2, 0.25) is 0 Å². The fourth-order valence-electron chi connectivity index (χ4n) is 11.7. The number of ether oxygens (including phenoxy) is 2. The van der Waals surface area contributed by atoms with Gasteiger partial charge in [0.15, 0.2) is 11.4 Å². The van der Waals surface area contributed by atoms with E-state index < -0.39 is 42.9 Å². The number of nitrogens with zero attached hydrogens (tertiary/aromatic N) is 4. The first kappa shape index (κ1) is 46.0. The zero-order valence-corrected chi connectivity index (χ0v) is 39.8. The number of nitro groups is 1. The minimum absolute atomic E-state index is 0.0251. The molecule has 4 fully saturated rings. The standard InChI is InChI=1S/C51H60FN7O8S/c1-30(2)35-8-5-6-9-36(35)37-10-7-11-42(37)58-28-51(29-58)18-20-57(21-19-51)33-12-13-38(45(22-33)67-44-25-39-40(52)26-53-48(39)54-31(44)3)49(60)56-68(64,65)34-23-43(59(62)63)47-46(24-34)66-27-41(55-47)32-14-16-50(4,61)17-15-32/h5-6,8-9,12-13,22-26,30,32,37,41-42,55,61H,7,10-11,14-21,27-29H2,1-4H3,(H,53,54)(H,56,60)/t32-,37-,41-,42-,50-/m1/s1. The first-order valence-corrected chi connectivity index (χ1v) is 25.5. The number of nitrogens with one attached hydrogen (secondary N) is 3. The summed E-state index contributed by atoms with van der Waals surface area (Å²) < 4.78 is 57.3. The van der Waals surface area contributed by atoms with Gasteiger partial charge in [-0.3, -0.25) is 19.8 Å². The van der Waals surface area contributed by atoms with Crippen molar-refractivity contribution < 1.29 is 37.1 Å². The van der Waals surface area contributed by atoms with Gasteiger partial charge in [-0.1, -0.05) is 44.5 Å². The summed E-state index contributed by atoms with van der Waals surface area (Å²) in [5.74, 6) is -0.278. The van der Waals surface area contributed by atoms with Crippen LogP contribution in [-0.4, -0.2) is 89.7 Å². The molecule has 5 heterocycles. The molecule has 17 heteroatoms. The zero-order chi connectivity index (χ0) is 47.7. The highest BCUT2D eigenvalue weighted by molar-refractivity contribution is 7.90. The van der Waals surface area contributed by atoms with Gasteiger partial charge in [0.1, 0.15) is 29.6 Å². The minimum Gasteiger partial charge on any atom is -0.489 e. The normalized spacial score (nSPS) is 24.8. The molecule has 0 bridgehead atoms. The van der Waals surface area contributed by atoms with Crippen LogP contribution in [0.25, 0.3) is 11.0 Å². The molecular formula is C51H60FN7O8S. The smallest absolute Gasteiger partial charge is 0.297 e. The van der Waals surface area contributed by atoms with Crippen LogP contribution in [0.3, 0.4) is 0 Å². The number of hydrogen-bond acceptors (Lipinski definition) is 12. The van der Waals surface area contributed by atoms with Crippen LogP contribution in [0.1, 0.15) is 118 Å². The number of piperidine rings is 1. The maximum Gasteiger partial charge on any atom is 0.297 e. The van der Waals surface area contributed by atoms with Crippen molar-refractivity contribution in [1.82, 2.24) is 19.6 Å². The Balaban J connectivity index is 0.874. The van der Waals surface area contributed by atoms with E-state index >= 15 is 0 Å². The summed E-state index contributed by atoms with van der Waals surface area (Å²) in [7, 11) is -4.72. The number of benzene rings is 3. The van der Waals surface area contributed by atoms with Crippen LogP contribution in [-0.2, 0) is 10.0 Å². The SMILES string of the molecule is Cc1nc2[nH]cc(F)c2cc1Oc1cc(N2CCC3(CC2)CN([C@@H]2CCC[C@@H]2c2ccccc2C(C)C)C3)ccc1C(=O)NS(=O)(=O)c1cc2c(c([N+](=O)[O-])c1)N[C@@H]([C@H]1CC[C@](C)(O)CC1)CO2. The first-order chi connectivity index (χ1) is 32.5. The highest BCUT2D eigenvalue weighted by Crippen LogP contribution is 2.49. The lowest BCUT2D eigenvalue weighted by Gasteiger charge is -2.57. The van der Waals surface area contributed by atoms with E-state index in [2.05, 4.69) is 67.9 Å². The Bertz CT molecular complexity index is 2880. The molecule has 10 rings (SSSR count). The summed E-state index contributed by atoms with van der Waals surface area (Å²) in [5, 5.41) is 26.3. The molecule has 0 radical (unpaired) electrons. The van der Waals surface area contributed by atoms with Gasteiger partial charge < -0.3 is 29.8 Å². The number of pyridine rings is 1. The fraction of sp³-hybridized carbons (Fsp3) is 0.490. The molecule has 2 aromatic heterocycles. The Morgan fingerprint density at radius 2 is 1.78 bits per heavy atom. The molecule has 4 N–H and O–H groups in total. The van der Waals surface area contributed by atoms with Crippen LogP contribution in [0.15, 0.2) is 71.8 Å². The average Bonchev–Trinajstić information content (AvgIpc) is 3.93. The van der Waals surface area contributed by atoms with Gasteiger partial charge >= 0.3 is 0 Å². The van der Waals surface area contributed by atoms with Crippen molar-refractivity contribution in [2.24, 2.45) is 11.3 Å². The number of carbonyl (C=O) groups is 1. The number of aromatic nitrogens is 2. The zero-order valence-electron chi connectivity index (χ0n) is 39.0. The van der Waals surface area contributed by atoms with Crippen LogP contribution in [0, 0.1) is 34.2 Å². The van der Waals surface area contributed by atoms with Crippen molar-refractivity contribution in [3.05, 3.63) is 105 Å². The molecule has 1 spiro atoms. The van der Waals surface area contributed by atoms with Crippen LogP contribution in [0.4, 0.5) is 21.5 Å². The Hall–Kier alpha value is -5.78. The van der Waals surface area contributed by atoms with Crippen LogP contribution < -0.4 is 24.4 Å². The molecule has 3 atom stereocenters. The molecule has 5 aromatic rings. The van der Waals surface area contributed by atoms with E-state index in [1.54, 1.807) is 26.0 Å². The summed E-state index contributed by atoms with van der Waals surface area (Å²) in [6.45, 7) is 11.9. The Kier molecular flexibility index (Phi) is 11.9. The molecule has 3 aromatic carbocycles. The van der Waals surface area contributed by atoms with Gasteiger partial charge in [0.25, 0.3) is 21.6 Å². The number of likely N-dealkylation sites (tertiary alicyclic amines) is 1. The minimum atomic E-state index is -4.72. The second-order valence-corrected chi connectivity index (χ2v) is 22.3. The summed E-state index contributed by atoms with van der Waals surface area (Å²) in [6, 6.07) is 17.8. The first-order valence-electron chi connectivity index (χ1n) is 24.0. The third-order valence-corrected chi connectivity index (χ3v) is 16.9. The van der Waals surface area contributed by atoms with Gasteiger partial charge in [0.2, 0.25) is 0 Å². The van der Waals surface area contributed by atoms with Gasteiger partial charge in [0.05, 0.1) is 38.1 Å². The molecule has 15 nitrogen and oxygen atoms in total. The molecule has 2 aliphatic carbocycles. The van der Waals surface area contributed by atoms with Gasteiger partial charge in [-0.15, -0.1) is 0 Å². The van der Waals surface area contributed by atoms with Crippen LogP contribution in [0.5, 0.6) is 17.2 Å². The van der Waals surface area contributed by atoms with Gasteiger partial charge in [0, 0.05) is 62.3 Å². The fourth-order valence-corrected chi connectivity index (χ4v) is 12.7. The van der Waals surface area contributed by atoms with Crippen molar-refractivity contribution in [2.45, 2.75) is 120 Å². The van der Waals surface area contributed by atoms with Gasteiger partial charge in [-0.05, 0) is 118 Å². The summed E-state index contributed by atoms with van der Waals surface area (Å²) in [4.78, 5) is 37.6. The quantitative estimate of drug-likeness (QED) is 0.0726. The molecule has 2 saturated heterocycles. The number of sulfonamides is 1. The highest BCUT2D eigenvalue weighted by atomic mass is 32.2. The lowest BCUT2D eigenvalue weighted by atomic mass is 9.70. The van der Waals surface area contributed by atoms with Crippen LogP contribution >= 0.6 is 0 Å². The number of rotatable bonds is 11. The number of anilines is 2. The number of fused-ring (bicyclic) bond motifs is 2. The van der Waals surface area contributed by atoms with Crippen molar-refractivity contribution in [3.8, 4) is 17.2 Å². The van der Waals surface area contributed by atoms with Crippen molar-refractivity contribution in [2.75, 3.05) is 43.0 Å².